The fourth-order valence-electron chi connectivity index (χ4n) is 3.59. The van der Waals surface area contributed by atoms with Crippen LogP contribution >= 0.6 is 12.6 Å². The van der Waals surface area contributed by atoms with Crippen LogP contribution in [0.5, 0.6) is 0 Å². The molecule has 14 heavy (non-hydrogen) atoms. The van der Waals surface area contributed by atoms with Crippen LogP contribution in [0, 0.1) is 10.8 Å². The van der Waals surface area contributed by atoms with E-state index in [0.717, 1.165) is 0 Å². The average Bonchev–Trinajstić information content (AvgIpc) is 2.11. The van der Waals surface area contributed by atoms with Gasteiger partial charge < -0.3 is 5.73 Å². The van der Waals surface area contributed by atoms with Crippen LogP contribution in [0.4, 0.5) is 0 Å². The van der Waals surface area contributed by atoms with Crippen molar-refractivity contribution in [3.05, 3.63) is 0 Å². The Morgan fingerprint density at radius 3 is 1.43 bits per heavy atom. The summed E-state index contributed by atoms with van der Waals surface area (Å²) in [5, 5.41) is 0. The fourth-order valence-corrected chi connectivity index (χ4v) is 4.20. The number of nitrogens with two attached hydrogens (primary N) is 1. The van der Waals surface area contributed by atoms with Crippen molar-refractivity contribution >= 4 is 12.6 Å². The highest BCUT2D eigenvalue weighted by molar-refractivity contribution is 7.81. The maximum Gasteiger partial charge on any atom is 0.0398 e. The van der Waals surface area contributed by atoms with Crippen LogP contribution in [0.15, 0.2) is 0 Å². The Morgan fingerprint density at radius 1 is 1.00 bits per heavy atom. The van der Waals surface area contributed by atoms with Gasteiger partial charge >= 0.3 is 0 Å². The minimum Gasteiger partial charge on any atom is -0.323 e. The summed E-state index contributed by atoms with van der Waals surface area (Å²) in [6.07, 6.45) is 2.39. The smallest absolute Gasteiger partial charge is 0.0398 e. The molecule has 1 rings (SSSR count). The molecule has 0 unspecified atom stereocenters. The molecule has 84 valence electrons. The van der Waals surface area contributed by atoms with Crippen molar-refractivity contribution in [3.63, 3.8) is 0 Å². The third-order valence-electron chi connectivity index (χ3n) is 4.48. The molecule has 0 heterocycles. The molecule has 2 N–H and O–H groups in total. The molecule has 2 heteroatoms. The van der Waals surface area contributed by atoms with Crippen molar-refractivity contribution in [2.75, 3.05) is 0 Å². The maximum atomic E-state index is 6.72. The molecule has 1 aliphatic carbocycles. The first-order valence-electron chi connectivity index (χ1n) is 5.47. The standard InChI is InChI=1S/C12H25NS/c1-9(2)7-8-10(3,4)12(9,13)11(5,6)14/h14H,7-8,13H2,1-6H3. The van der Waals surface area contributed by atoms with Crippen LogP contribution in [-0.4, -0.2) is 10.3 Å². The molecule has 0 aromatic rings. The van der Waals surface area contributed by atoms with Gasteiger partial charge in [-0.3, -0.25) is 0 Å². The monoisotopic (exact) mass is 215 g/mol. The molecular weight excluding hydrogens is 190 g/mol. The second kappa shape index (κ2) is 2.91. The summed E-state index contributed by atoms with van der Waals surface area (Å²) >= 11 is 4.74. The number of hydrogen-bond donors (Lipinski definition) is 2. The van der Waals surface area contributed by atoms with Gasteiger partial charge in [0.2, 0.25) is 0 Å². The topological polar surface area (TPSA) is 26.0 Å². The Morgan fingerprint density at radius 2 is 1.29 bits per heavy atom. The highest BCUT2D eigenvalue weighted by atomic mass is 32.1. The summed E-state index contributed by atoms with van der Waals surface area (Å²) in [6, 6.07) is 0. The highest BCUT2D eigenvalue weighted by Gasteiger charge is 2.62. The quantitative estimate of drug-likeness (QED) is 0.645. The van der Waals surface area contributed by atoms with Gasteiger partial charge in [0.1, 0.15) is 0 Å². The minimum absolute atomic E-state index is 0.142. The van der Waals surface area contributed by atoms with E-state index in [1.54, 1.807) is 0 Å². The second-order valence-corrected chi connectivity index (χ2v) is 7.75. The fraction of sp³-hybridized carbons (Fsp3) is 1.00. The lowest BCUT2D eigenvalue weighted by molar-refractivity contribution is 0.0768. The molecule has 0 saturated heterocycles. The van der Waals surface area contributed by atoms with E-state index in [2.05, 4.69) is 41.5 Å². The molecule has 0 radical (unpaired) electrons. The van der Waals surface area contributed by atoms with Crippen molar-refractivity contribution in [2.45, 2.75) is 64.7 Å². The third kappa shape index (κ3) is 1.34. The molecule has 1 aliphatic rings. The summed E-state index contributed by atoms with van der Waals surface area (Å²) in [7, 11) is 0. The molecule has 0 aromatic carbocycles. The minimum atomic E-state index is -0.212. The van der Waals surface area contributed by atoms with E-state index in [4.69, 9.17) is 18.4 Å². The highest BCUT2D eigenvalue weighted by Crippen LogP contribution is 2.60. The Balaban J connectivity index is 3.27. The van der Waals surface area contributed by atoms with Gasteiger partial charge in [-0.15, -0.1) is 0 Å². The SMILES string of the molecule is CC(C)(S)C1(N)C(C)(C)CCC1(C)C. The summed E-state index contributed by atoms with van der Waals surface area (Å²) < 4.78 is -0.142. The van der Waals surface area contributed by atoms with Gasteiger partial charge in [-0.25, -0.2) is 0 Å². The average molecular weight is 215 g/mol. The zero-order valence-electron chi connectivity index (χ0n) is 10.4. The van der Waals surface area contributed by atoms with Crippen molar-refractivity contribution in [3.8, 4) is 0 Å². The number of thiol groups is 1. The van der Waals surface area contributed by atoms with Crippen molar-refractivity contribution < 1.29 is 0 Å². The Bertz CT molecular complexity index is 219. The van der Waals surface area contributed by atoms with Crippen LogP contribution in [-0.2, 0) is 0 Å². The maximum absolute atomic E-state index is 6.72. The Labute approximate surface area is 94.2 Å². The molecule has 1 nitrogen and oxygen atoms in total. The van der Waals surface area contributed by atoms with Gasteiger partial charge in [0.25, 0.3) is 0 Å². The van der Waals surface area contributed by atoms with Gasteiger partial charge in [-0.2, -0.15) is 12.6 Å². The number of hydrogen-bond acceptors (Lipinski definition) is 2. The van der Waals surface area contributed by atoms with Crippen LogP contribution in [0.1, 0.15) is 54.4 Å². The first-order valence-corrected chi connectivity index (χ1v) is 5.92. The predicted octanol–water partition coefficient (Wildman–Crippen LogP) is 3.24. The van der Waals surface area contributed by atoms with Crippen LogP contribution < -0.4 is 5.73 Å². The molecule has 1 fully saturated rings. The lowest BCUT2D eigenvalue weighted by atomic mass is 9.60. The zero-order chi connectivity index (χ0) is 11.4. The van der Waals surface area contributed by atoms with Gasteiger partial charge in [-0.1, -0.05) is 27.7 Å². The lowest BCUT2D eigenvalue weighted by Gasteiger charge is -2.54. The van der Waals surface area contributed by atoms with E-state index in [1.165, 1.54) is 12.8 Å². The van der Waals surface area contributed by atoms with E-state index in [1.807, 2.05) is 0 Å². The molecule has 0 aliphatic heterocycles. The molecule has 0 bridgehead atoms. The molecule has 0 spiro atoms. The summed E-state index contributed by atoms with van der Waals surface area (Å²) in [5.74, 6) is 0. The molecule has 1 saturated carbocycles. The Kier molecular flexibility index (Phi) is 2.58. The molecule has 0 atom stereocenters. The first kappa shape index (κ1) is 12.4. The predicted molar refractivity (Wildman–Crippen MR) is 66.8 cm³/mol. The van der Waals surface area contributed by atoms with Crippen molar-refractivity contribution in [1.29, 1.82) is 0 Å². The van der Waals surface area contributed by atoms with Gasteiger partial charge in [0, 0.05) is 10.3 Å². The van der Waals surface area contributed by atoms with Gasteiger partial charge in [0.15, 0.2) is 0 Å². The van der Waals surface area contributed by atoms with E-state index in [9.17, 15) is 0 Å². The van der Waals surface area contributed by atoms with E-state index >= 15 is 0 Å². The molecule has 0 aromatic heterocycles. The van der Waals surface area contributed by atoms with Gasteiger partial charge in [0.05, 0.1) is 0 Å². The first-order chi connectivity index (χ1) is 5.96. The normalized spacial score (nSPS) is 29.1. The van der Waals surface area contributed by atoms with Gasteiger partial charge in [-0.05, 0) is 37.5 Å². The number of rotatable bonds is 1. The van der Waals surface area contributed by atoms with E-state index in [-0.39, 0.29) is 21.1 Å². The Hall–Kier alpha value is 0.310. The van der Waals surface area contributed by atoms with E-state index < -0.39 is 0 Å². The third-order valence-corrected chi connectivity index (χ3v) is 4.83. The lowest BCUT2D eigenvalue weighted by Crippen LogP contribution is -2.67. The molecular formula is C12H25NS. The van der Waals surface area contributed by atoms with Crippen LogP contribution in [0.25, 0.3) is 0 Å². The largest absolute Gasteiger partial charge is 0.323 e. The van der Waals surface area contributed by atoms with Crippen LogP contribution in [0.2, 0.25) is 0 Å². The van der Waals surface area contributed by atoms with Crippen molar-refractivity contribution in [2.24, 2.45) is 16.6 Å². The second-order valence-electron chi connectivity index (χ2n) is 6.63. The molecule has 0 amide bonds. The summed E-state index contributed by atoms with van der Waals surface area (Å²) in [5.41, 5.74) is 6.84. The van der Waals surface area contributed by atoms with E-state index in [0.29, 0.717) is 0 Å². The van der Waals surface area contributed by atoms with Crippen molar-refractivity contribution in [1.82, 2.24) is 0 Å². The zero-order valence-corrected chi connectivity index (χ0v) is 11.3. The summed E-state index contributed by atoms with van der Waals surface area (Å²) in [4.78, 5) is 0. The van der Waals surface area contributed by atoms with Crippen LogP contribution in [0.3, 0.4) is 0 Å². The summed E-state index contributed by atoms with van der Waals surface area (Å²) in [6.45, 7) is 13.4.